The van der Waals surface area contributed by atoms with E-state index in [0.29, 0.717) is 22.7 Å². The Labute approximate surface area is 142 Å². The number of nitrogens with zero attached hydrogens (tertiary/aromatic N) is 1. The number of ether oxygens (including phenoxy) is 2. The van der Waals surface area contributed by atoms with Gasteiger partial charge in [-0.1, -0.05) is 0 Å². The molecule has 0 atom stereocenters. The van der Waals surface area contributed by atoms with E-state index in [2.05, 4.69) is 10.2 Å². The molecule has 3 rings (SSSR count). The molecule has 0 aliphatic carbocycles. The second kappa shape index (κ2) is 7.25. The lowest BCUT2D eigenvalue weighted by Gasteiger charge is -2.17. The van der Waals surface area contributed by atoms with Crippen LogP contribution in [0.15, 0.2) is 42.5 Å². The Kier molecular flexibility index (Phi) is 4.89. The second-order valence-electron chi connectivity index (χ2n) is 5.76. The third kappa shape index (κ3) is 3.45. The normalized spacial score (nSPS) is 13.7. The number of carbonyl (C=O) groups excluding carboxylic acids is 1. The summed E-state index contributed by atoms with van der Waals surface area (Å²) < 4.78 is 10.5. The van der Waals surface area contributed by atoms with Gasteiger partial charge in [0.05, 0.1) is 19.9 Å². The number of nitrogens with one attached hydrogen (secondary N) is 1. The molecule has 126 valence electrons. The SMILES string of the molecule is COc1ccc(OC)c(NC(=O)c2ccc(N3CCCC3)cc2)c1. The minimum Gasteiger partial charge on any atom is -0.497 e. The minimum absolute atomic E-state index is 0.172. The fourth-order valence-corrected chi connectivity index (χ4v) is 2.91. The predicted octanol–water partition coefficient (Wildman–Crippen LogP) is 3.56. The molecule has 0 spiro atoms. The first-order valence-corrected chi connectivity index (χ1v) is 8.09. The van der Waals surface area contributed by atoms with Crippen molar-refractivity contribution < 1.29 is 14.3 Å². The van der Waals surface area contributed by atoms with E-state index < -0.39 is 0 Å². The molecule has 2 aromatic carbocycles. The maximum atomic E-state index is 12.5. The molecule has 5 heteroatoms. The number of rotatable bonds is 5. The minimum atomic E-state index is -0.172. The molecular formula is C19H22N2O3. The standard InChI is InChI=1S/C19H22N2O3/c1-23-16-9-10-18(24-2)17(13-16)20-19(22)14-5-7-15(8-6-14)21-11-3-4-12-21/h5-10,13H,3-4,11-12H2,1-2H3,(H,20,22). The fraction of sp³-hybridized carbons (Fsp3) is 0.316. The molecule has 1 aliphatic rings. The highest BCUT2D eigenvalue weighted by molar-refractivity contribution is 6.05. The summed E-state index contributed by atoms with van der Waals surface area (Å²) >= 11 is 0. The van der Waals surface area contributed by atoms with Gasteiger partial charge in [0.2, 0.25) is 0 Å². The van der Waals surface area contributed by atoms with Crippen molar-refractivity contribution in [2.45, 2.75) is 12.8 Å². The summed E-state index contributed by atoms with van der Waals surface area (Å²) in [5, 5.41) is 2.88. The third-order valence-corrected chi connectivity index (χ3v) is 4.26. The highest BCUT2D eigenvalue weighted by atomic mass is 16.5. The quantitative estimate of drug-likeness (QED) is 0.913. The van der Waals surface area contributed by atoms with Gasteiger partial charge in [-0.25, -0.2) is 0 Å². The number of anilines is 2. The number of benzene rings is 2. The molecule has 0 aromatic heterocycles. The van der Waals surface area contributed by atoms with Gasteiger partial charge in [-0.2, -0.15) is 0 Å². The average Bonchev–Trinajstić information content (AvgIpc) is 3.16. The Balaban J connectivity index is 1.75. The van der Waals surface area contributed by atoms with Crippen LogP contribution in [0.3, 0.4) is 0 Å². The maximum Gasteiger partial charge on any atom is 0.255 e. The second-order valence-corrected chi connectivity index (χ2v) is 5.76. The van der Waals surface area contributed by atoms with Crippen LogP contribution in [0, 0.1) is 0 Å². The fourth-order valence-electron chi connectivity index (χ4n) is 2.91. The molecule has 1 saturated heterocycles. The summed E-state index contributed by atoms with van der Waals surface area (Å²) in [6, 6.07) is 13.0. The Morgan fingerprint density at radius 2 is 1.71 bits per heavy atom. The van der Waals surface area contributed by atoms with Crippen molar-refractivity contribution in [3.8, 4) is 11.5 Å². The first-order chi connectivity index (χ1) is 11.7. The molecule has 1 heterocycles. The lowest BCUT2D eigenvalue weighted by Crippen LogP contribution is -2.18. The van der Waals surface area contributed by atoms with Crippen molar-refractivity contribution in [3.05, 3.63) is 48.0 Å². The molecule has 0 radical (unpaired) electrons. The molecule has 0 bridgehead atoms. The van der Waals surface area contributed by atoms with E-state index in [0.717, 1.165) is 13.1 Å². The third-order valence-electron chi connectivity index (χ3n) is 4.26. The molecule has 5 nitrogen and oxygen atoms in total. The zero-order valence-electron chi connectivity index (χ0n) is 14.0. The van der Waals surface area contributed by atoms with E-state index >= 15 is 0 Å². The predicted molar refractivity (Wildman–Crippen MR) is 95.4 cm³/mol. The first-order valence-electron chi connectivity index (χ1n) is 8.09. The van der Waals surface area contributed by atoms with Crippen LogP contribution in [-0.2, 0) is 0 Å². The summed E-state index contributed by atoms with van der Waals surface area (Å²) in [6.07, 6.45) is 2.47. The van der Waals surface area contributed by atoms with Crippen molar-refractivity contribution in [1.82, 2.24) is 0 Å². The summed E-state index contributed by atoms with van der Waals surface area (Å²) in [6.45, 7) is 2.18. The van der Waals surface area contributed by atoms with Gasteiger partial charge in [0.1, 0.15) is 11.5 Å². The average molecular weight is 326 g/mol. The number of hydrogen-bond donors (Lipinski definition) is 1. The number of hydrogen-bond acceptors (Lipinski definition) is 4. The van der Waals surface area contributed by atoms with Crippen LogP contribution < -0.4 is 19.7 Å². The van der Waals surface area contributed by atoms with Crippen LogP contribution in [0.25, 0.3) is 0 Å². The topological polar surface area (TPSA) is 50.8 Å². The molecule has 1 amide bonds. The summed E-state index contributed by atoms with van der Waals surface area (Å²) in [4.78, 5) is 14.8. The van der Waals surface area contributed by atoms with Crippen LogP contribution >= 0.6 is 0 Å². The van der Waals surface area contributed by atoms with Gasteiger partial charge >= 0.3 is 0 Å². The Morgan fingerprint density at radius 1 is 1.00 bits per heavy atom. The lowest BCUT2D eigenvalue weighted by molar-refractivity contribution is 0.102. The number of amides is 1. The largest absolute Gasteiger partial charge is 0.497 e. The van der Waals surface area contributed by atoms with Crippen LogP contribution in [0.1, 0.15) is 23.2 Å². The van der Waals surface area contributed by atoms with E-state index in [1.54, 1.807) is 32.4 Å². The van der Waals surface area contributed by atoms with Crippen molar-refractivity contribution in [3.63, 3.8) is 0 Å². The van der Waals surface area contributed by atoms with E-state index in [4.69, 9.17) is 9.47 Å². The van der Waals surface area contributed by atoms with E-state index in [1.165, 1.54) is 18.5 Å². The Bertz CT molecular complexity index is 707. The van der Waals surface area contributed by atoms with E-state index in [1.807, 2.05) is 24.3 Å². The van der Waals surface area contributed by atoms with Gasteiger partial charge in [-0.05, 0) is 49.2 Å². The van der Waals surface area contributed by atoms with Gasteiger partial charge in [0.25, 0.3) is 5.91 Å². The van der Waals surface area contributed by atoms with Crippen LogP contribution in [-0.4, -0.2) is 33.2 Å². The van der Waals surface area contributed by atoms with Crippen LogP contribution in [0.2, 0.25) is 0 Å². The van der Waals surface area contributed by atoms with Gasteiger partial charge < -0.3 is 19.7 Å². The maximum absolute atomic E-state index is 12.5. The molecule has 1 fully saturated rings. The molecule has 0 unspecified atom stereocenters. The van der Waals surface area contributed by atoms with E-state index in [9.17, 15) is 4.79 Å². The van der Waals surface area contributed by atoms with E-state index in [-0.39, 0.29) is 5.91 Å². The van der Waals surface area contributed by atoms with Crippen LogP contribution in [0.5, 0.6) is 11.5 Å². The molecule has 1 N–H and O–H groups in total. The Hall–Kier alpha value is -2.69. The summed E-state index contributed by atoms with van der Waals surface area (Å²) in [5.41, 5.74) is 2.37. The highest BCUT2D eigenvalue weighted by Crippen LogP contribution is 2.29. The summed E-state index contributed by atoms with van der Waals surface area (Å²) in [7, 11) is 3.16. The monoisotopic (exact) mass is 326 g/mol. The number of methoxy groups -OCH3 is 2. The lowest BCUT2D eigenvalue weighted by atomic mass is 10.1. The number of carbonyl (C=O) groups is 1. The van der Waals surface area contributed by atoms with Gasteiger partial charge in [-0.15, -0.1) is 0 Å². The van der Waals surface area contributed by atoms with Crippen molar-refractivity contribution in [1.29, 1.82) is 0 Å². The van der Waals surface area contributed by atoms with Crippen molar-refractivity contribution in [2.24, 2.45) is 0 Å². The van der Waals surface area contributed by atoms with Gasteiger partial charge in [0.15, 0.2) is 0 Å². The van der Waals surface area contributed by atoms with Crippen molar-refractivity contribution >= 4 is 17.3 Å². The highest BCUT2D eigenvalue weighted by Gasteiger charge is 2.14. The molecule has 0 saturated carbocycles. The summed E-state index contributed by atoms with van der Waals surface area (Å²) in [5.74, 6) is 1.09. The first kappa shape index (κ1) is 16.2. The smallest absolute Gasteiger partial charge is 0.255 e. The molecule has 2 aromatic rings. The zero-order chi connectivity index (χ0) is 16.9. The molecular weight excluding hydrogens is 304 g/mol. The molecule has 1 aliphatic heterocycles. The van der Waals surface area contributed by atoms with Gasteiger partial charge in [0, 0.05) is 30.4 Å². The van der Waals surface area contributed by atoms with Gasteiger partial charge in [-0.3, -0.25) is 4.79 Å². The van der Waals surface area contributed by atoms with Crippen molar-refractivity contribution in [2.75, 3.05) is 37.5 Å². The zero-order valence-corrected chi connectivity index (χ0v) is 14.0. The molecule has 24 heavy (non-hydrogen) atoms. The Morgan fingerprint density at radius 3 is 2.33 bits per heavy atom. The van der Waals surface area contributed by atoms with Crippen LogP contribution in [0.4, 0.5) is 11.4 Å².